The first-order valence-electron chi connectivity index (χ1n) is 3.20. The number of hydrogen-bond donors (Lipinski definition) is 1. The number of aliphatic imine (C=N–C) groups is 1. The fraction of sp³-hybridized carbons (Fsp3) is 0. The standard InChI is InChI=1S/C8H5ClN2/c9-6-2-1-5-4-11-8(10)7(5)3-6/h1-4,10H. The molecule has 0 saturated carbocycles. The average molecular weight is 165 g/mol. The van der Waals surface area contributed by atoms with E-state index < -0.39 is 0 Å². The van der Waals surface area contributed by atoms with Gasteiger partial charge in [-0.15, -0.1) is 0 Å². The lowest BCUT2D eigenvalue weighted by molar-refractivity contribution is 1.45. The van der Waals surface area contributed by atoms with E-state index in [2.05, 4.69) is 4.99 Å². The average Bonchev–Trinajstić information content (AvgIpc) is 2.33. The second-order valence-electron chi connectivity index (χ2n) is 2.34. The Hall–Kier alpha value is -1.15. The quantitative estimate of drug-likeness (QED) is 0.610. The van der Waals surface area contributed by atoms with Crippen molar-refractivity contribution < 1.29 is 0 Å². The van der Waals surface area contributed by atoms with Crippen molar-refractivity contribution >= 4 is 23.7 Å². The van der Waals surface area contributed by atoms with E-state index in [1.807, 2.05) is 6.07 Å². The number of fused-ring (bicyclic) bond motifs is 1. The first kappa shape index (κ1) is 6.55. The third-order valence-electron chi connectivity index (χ3n) is 1.60. The summed E-state index contributed by atoms with van der Waals surface area (Å²) in [6.45, 7) is 0. The summed E-state index contributed by atoms with van der Waals surface area (Å²) in [7, 11) is 0. The highest BCUT2D eigenvalue weighted by Gasteiger charge is 2.11. The molecular formula is C8H5ClN2. The van der Waals surface area contributed by atoms with Crippen molar-refractivity contribution in [1.29, 1.82) is 5.41 Å². The fourth-order valence-corrected chi connectivity index (χ4v) is 1.22. The maximum absolute atomic E-state index is 7.37. The molecular weight excluding hydrogens is 160 g/mol. The molecule has 1 heterocycles. The molecule has 0 amide bonds. The van der Waals surface area contributed by atoms with Crippen molar-refractivity contribution in [2.24, 2.45) is 4.99 Å². The van der Waals surface area contributed by atoms with Crippen LogP contribution in [0.25, 0.3) is 0 Å². The van der Waals surface area contributed by atoms with Crippen LogP contribution in [-0.2, 0) is 0 Å². The Morgan fingerprint density at radius 3 is 3.00 bits per heavy atom. The van der Waals surface area contributed by atoms with Gasteiger partial charge in [0.1, 0.15) is 0 Å². The van der Waals surface area contributed by atoms with Gasteiger partial charge in [0.25, 0.3) is 0 Å². The summed E-state index contributed by atoms with van der Waals surface area (Å²) >= 11 is 5.74. The Bertz CT molecular complexity index is 355. The molecule has 1 aliphatic rings. The Labute approximate surface area is 69.0 Å². The summed E-state index contributed by atoms with van der Waals surface area (Å²) in [5.41, 5.74) is 1.79. The van der Waals surface area contributed by atoms with Gasteiger partial charge in [-0.25, -0.2) is 4.99 Å². The lowest BCUT2D eigenvalue weighted by Gasteiger charge is -1.95. The van der Waals surface area contributed by atoms with Gasteiger partial charge in [0.05, 0.1) is 0 Å². The number of rotatable bonds is 0. The molecule has 3 heteroatoms. The second kappa shape index (κ2) is 2.17. The molecule has 1 N–H and O–H groups in total. The summed E-state index contributed by atoms with van der Waals surface area (Å²) < 4.78 is 0. The molecule has 54 valence electrons. The summed E-state index contributed by atoms with van der Waals surface area (Å²) in [6, 6.07) is 5.42. The minimum absolute atomic E-state index is 0.294. The first-order valence-corrected chi connectivity index (χ1v) is 3.58. The van der Waals surface area contributed by atoms with Crippen molar-refractivity contribution in [3.05, 3.63) is 34.3 Å². The normalized spacial score (nSPS) is 13.7. The van der Waals surface area contributed by atoms with Crippen molar-refractivity contribution in [2.75, 3.05) is 0 Å². The smallest absolute Gasteiger partial charge is 0.152 e. The van der Waals surface area contributed by atoms with Crippen LogP contribution in [0.3, 0.4) is 0 Å². The predicted octanol–water partition coefficient (Wildman–Crippen LogP) is 2.10. The molecule has 0 aliphatic carbocycles. The lowest BCUT2D eigenvalue weighted by Crippen LogP contribution is -1.90. The number of nitrogens with one attached hydrogen (secondary N) is 1. The fourth-order valence-electron chi connectivity index (χ4n) is 1.05. The number of nitrogens with zero attached hydrogens (tertiary/aromatic N) is 1. The maximum atomic E-state index is 7.37. The molecule has 1 aromatic rings. The molecule has 2 rings (SSSR count). The zero-order chi connectivity index (χ0) is 7.84. The van der Waals surface area contributed by atoms with E-state index in [0.717, 1.165) is 11.1 Å². The molecule has 1 aromatic carbocycles. The van der Waals surface area contributed by atoms with Crippen LogP contribution in [0.2, 0.25) is 5.02 Å². The lowest BCUT2D eigenvalue weighted by atomic mass is 10.1. The van der Waals surface area contributed by atoms with Gasteiger partial charge < -0.3 is 0 Å². The molecule has 0 saturated heterocycles. The molecule has 0 aromatic heterocycles. The number of amidine groups is 1. The van der Waals surface area contributed by atoms with Crippen LogP contribution in [0.5, 0.6) is 0 Å². The summed E-state index contributed by atoms with van der Waals surface area (Å²) in [6.07, 6.45) is 1.67. The molecule has 0 spiro atoms. The maximum Gasteiger partial charge on any atom is 0.152 e. The summed E-state index contributed by atoms with van der Waals surface area (Å²) in [5.74, 6) is 0.294. The van der Waals surface area contributed by atoms with Crippen LogP contribution in [0.1, 0.15) is 11.1 Å². The molecule has 11 heavy (non-hydrogen) atoms. The van der Waals surface area contributed by atoms with Gasteiger partial charge in [-0.05, 0) is 12.1 Å². The minimum atomic E-state index is 0.294. The Balaban J connectivity index is 2.67. The van der Waals surface area contributed by atoms with Crippen LogP contribution in [0.4, 0.5) is 0 Å². The molecule has 0 bridgehead atoms. The van der Waals surface area contributed by atoms with Crippen LogP contribution in [-0.4, -0.2) is 12.1 Å². The van der Waals surface area contributed by atoms with E-state index in [0.29, 0.717) is 10.9 Å². The first-order chi connectivity index (χ1) is 5.27. The van der Waals surface area contributed by atoms with E-state index in [1.165, 1.54) is 0 Å². The number of hydrogen-bond acceptors (Lipinski definition) is 1. The summed E-state index contributed by atoms with van der Waals surface area (Å²) in [4.78, 5) is 3.84. The molecule has 0 radical (unpaired) electrons. The predicted molar refractivity (Wildman–Crippen MR) is 45.9 cm³/mol. The molecule has 0 atom stereocenters. The van der Waals surface area contributed by atoms with E-state index in [9.17, 15) is 0 Å². The van der Waals surface area contributed by atoms with Crippen molar-refractivity contribution in [3.63, 3.8) is 0 Å². The third kappa shape index (κ3) is 0.955. The van der Waals surface area contributed by atoms with E-state index in [1.54, 1.807) is 18.3 Å². The van der Waals surface area contributed by atoms with Gasteiger partial charge in [-0.3, -0.25) is 5.41 Å². The number of benzene rings is 1. The van der Waals surface area contributed by atoms with E-state index >= 15 is 0 Å². The minimum Gasteiger partial charge on any atom is -0.282 e. The zero-order valence-electron chi connectivity index (χ0n) is 5.63. The Morgan fingerprint density at radius 2 is 2.18 bits per heavy atom. The van der Waals surface area contributed by atoms with Gasteiger partial charge in [-0.1, -0.05) is 17.7 Å². The van der Waals surface area contributed by atoms with Crippen LogP contribution >= 0.6 is 11.6 Å². The Kier molecular flexibility index (Phi) is 1.29. The monoisotopic (exact) mass is 164 g/mol. The highest BCUT2D eigenvalue weighted by molar-refractivity contribution is 6.31. The van der Waals surface area contributed by atoms with E-state index in [4.69, 9.17) is 17.0 Å². The highest BCUT2D eigenvalue weighted by atomic mass is 35.5. The van der Waals surface area contributed by atoms with Crippen LogP contribution < -0.4 is 0 Å². The highest BCUT2D eigenvalue weighted by Crippen LogP contribution is 2.18. The molecule has 2 nitrogen and oxygen atoms in total. The van der Waals surface area contributed by atoms with Gasteiger partial charge in [0.15, 0.2) is 5.84 Å². The van der Waals surface area contributed by atoms with Crippen molar-refractivity contribution in [3.8, 4) is 0 Å². The van der Waals surface area contributed by atoms with Crippen molar-refractivity contribution in [1.82, 2.24) is 0 Å². The largest absolute Gasteiger partial charge is 0.282 e. The second-order valence-corrected chi connectivity index (χ2v) is 2.77. The number of halogens is 1. The molecule has 1 aliphatic heterocycles. The zero-order valence-corrected chi connectivity index (χ0v) is 6.39. The van der Waals surface area contributed by atoms with Gasteiger partial charge >= 0.3 is 0 Å². The van der Waals surface area contributed by atoms with Gasteiger partial charge in [-0.2, -0.15) is 0 Å². The van der Waals surface area contributed by atoms with Gasteiger partial charge in [0.2, 0.25) is 0 Å². The van der Waals surface area contributed by atoms with Crippen molar-refractivity contribution in [2.45, 2.75) is 0 Å². The third-order valence-corrected chi connectivity index (χ3v) is 1.84. The van der Waals surface area contributed by atoms with Crippen LogP contribution in [0.15, 0.2) is 23.2 Å². The Morgan fingerprint density at radius 1 is 1.36 bits per heavy atom. The van der Waals surface area contributed by atoms with Gasteiger partial charge in [0, 0.05) is 22.4 Å². The van der Waals surface area contributed by atoms with E-state index in [-0.39, 0.29) is 0 Å². The summed E-state index contributed by atoms with van der Waals surface area (Å²) in [5, 5.41) is 8.02. The molecule has 0 unspecified atom stereocenters. The SMILES string of the molecule is N=C1N=Cc2ccc(Cl)cc21. The topological polar surface area (TPSA) is 36.2 Å². The van der Waals surface area contributed by atoms with Crippen LogP contribution in [0, 0.1) is 5.41 Å². The molecule has 0 fully saturated rings.